The van der Waals surface area contributed by atoms with Crippen molar-refractivity contribution in [1.82, 2.24) is 5.32 Å². The fourth-order valence-electron chi connectivity index (χ4n) is 6.28. The molecule has 0 rings (SSSR count). The predicted molar refractivity (Wildman–Crippen MR) is 248 cm³/mol. The number of aliphatic hydroxyl groups excluding tert-OH is 2. The molecule has 59 heavy (non-hydrogen) atoms. The van der Waals surface area contributed by atoms with Gasteiger partial charge in [-0.25, -0.2) is 0 Å². The zero-order chi connectivity index (χ0) is 43.7. The van der Waals surface area contributed by atoms with Crippen molar-refractivity contribution in [3.63, 3.8) is 0 Å². The zero-order valence-corrected chi connectivity index (χ0v) is 39.2. The van der Waals surface area contributed by atoms with E-state index in [2.05, 4.69) is 92.1 Å². The first kappa shape index (κ1) is 56.9. The van der Waals surface area contributed by atoms with E-state index in [9.17, 15) is 24.5 Å². The van der Waals surface area contributed by atoms with E-state index in [1.807, 2.05) is 21.1 Å². The molecule has 0 heterocycles. The number of amides is 1. The van der Waals surface area contributed by atoms with E-state index in [0.717, 1.165) is 70.6 Å². The number of unbranched alkanes of at least 4 members (excludes halogenated alkanes) is 15. The van der Waals surface area contributed by atoms with Gasteiger partial charge in [0, 0.05) is 6.42 Å². The highest BCUT2D eigenvalue weighted by Crippen LogP contribution is 2.38. The van der Waals surface area contributed by atoms with E-state index >= 15 is 0 Å². The number of nitrogens with one attached hydrogen (secondary N) is 1. The normalized spacial score (nSPS) is 15.5. The second-order valence-electron chi connectivity index (χ2n) is 16.9. The van der Waals surface area contributed by atoms with Crippen molar-refractivity contribution in [1.29, 1.82) is 0 Å². The Labute approximate surface area is 362 Å². The first-order valence-electron chi connectivity index (χ1n) is 23.4. The van der Waals surface area contributed by atoms with Gasteiger partial charge in [-0.2, -0.15) is 0 Å². The van der Waals surface area contributed by atoms with Crippen molar-refractivity contribution in [3.8, 4) is 0 Å². The molecule has 9 nitrogen and oxygen atoms in total. The summed E-state index contributed by atoms with van der Waals surface area (Å²) in [6.45, 7) is 4.26. The van der Waals surface area contributed by atoms with Crippen LogP contribution in [0, 0.1) is 0 Å². The number of nitrogens with zero attached hydrogens (tertiary/aromatic N) is 1. The van der Waals surface area contributed by atoms with Crippen LogP contribution in [0.25, 0.3) is 0 Å². The number of carbonyl (C=O) groups excluding carboxylic acids is 1. The summed E-state index contributed by atoms with van der Waals surface area (Å²) in [7, 11) is 1.09. The molecule has 0 saturated heterocycles. The second kappa shape index (κ2) is 40.0. The minimum atomic E-state index is -4.68. The summed E-state index contributed by atoms with van der Waals surface area (Å²) in [6.07, 6.45) is 49.4. The molecule has 0 aromatic heterocycles. The molecule has 1 amide bonds. The molecular formula is C49H89N2O7P. The molecule has 0 aromatic carbocycles. The van der Waals surface area contributed by atoms with Gasteiger partial charge in [-0.1, -0.05) is 157 Å². The number of hydrogen-bond donors (Lipinski definition) is 3. The Morgan fingerprint density at radius 2 is 1.07 bits per heavy atom. The Morgan fingerprint density at radius 3 is 1.58 bits per heavy atom. The van der Waals surface area contributed by atoms with E-state index in [1.165, 1.54) is 64.2 Å². The lowest BCUT2D eigenvalue weighted by Crippen LogP contribution is -2.51. The van der Waals surface area contributed by atoms with Gasteiger partial charge in [-0.15, -0.1) is 0 Å². The van der Waals surface area contributed by atoms with E-state index in [4.69, 9.17) is 9.05 Å². The molecular weight excluding hydrogens is 760 g/mol. The highest BCUT2D eigenvalue weighted by atomic mass is 31.2. The Hall–Kier alpha value is -2.10. The van der Waals surface area contributed by atoms with Crippen LogP contribution in [-0.4, -0.2) is 79.8 Å². The summed E-state index contributed by atoms with van der Waals surface area (Å²) >= 11 is 0. The summed E-state index contributed by atoms with van der Waals surface area (Å²) < 4.78 is 23.1. The number of allylic oxidation sites excluding steroid dienone is 12. The van der Waals surface area contributed by atoms with Crippen LogP contribution >= 0.6 is 7.82 Å². The maximum absolute atomic E-state index is 12.9. The molecule has 4 unspecified atom stereocenters. The quantitative estimate of drug-likeness (QED) is 0.0242. The number of carbonyl (C=O) groups is 1. The fraction of sp³-hybridized carbons (Fsp3) is 0.735. The molecule has 0 saturated carbocycles. The Bertz CT molecular complexity index is 1210. The molecule has 10 heteroatoms. The highest BCUT2D eigenvalue weighted by molar-refractivity contribution is 7.45. The topological polar surface area (TPSA) is 128 Å². The van der Waals surface area contributed by atoms with Crippen LogP contribution in [0.1, 0.15) is 174 Å². The maximum atomic E-state index is 12.9. The first-order chi connectivity index (χ1) is 28.4. The third-order valence-electron chi connectivity index (χ3n) is 10.0. The third kappa shape index (κ3) is 41.0. The lowest BCUT2D eigenvalue weighted by molar-refractivity contribution is -0.870. The van der Waals surface area contributed by atoms with Gasteiger partial charge in [0.25, 0.3) is 7.82 Å². The van der Waals surface area contributed by atoms with Crippen LogP contribution in [0.2, 0.25) is 0 Å². The van der Waals surface area contributed by atoms with Gasteiger partial charge < -0.3 is 34.0 Å². The SMILES string of the molecule is CC/C=C\C/C=C\C/C=C\C/C=C\C/C=C\CCCCCCCCCC(=O)NC(COP(=O)([O-])OCC[N+](C)(C)C)C(O)C(O)CCC/C=C/CCCCCCCCC. The summed E-state index contributed by atoms with van der Waals surface area (Å²) in [5, 5.41) is 24.6. The van der Waals surface area contributed by atoms with Gasteiger partial charge in [0.1, 0.15) is 19.3 Å². The van der Waals surface area contributed by atoms with Crippen molar-refractivity contribution in [2.45, 2.75) is 193 Å². The molecule has 0 aliphatic rings. The molecule has 342 valence electrons. The molecule has 0 aromatic rings. The molecule has 0 aliphatic carbocycles. The number of hydrogen-bond acceptors (Lipinski definition) is 7. The van der Waals surface area contributed by atoms with Crippen molar-refractivity contribution in [2.75, 3.05) is 40.9 Å². The van der Waals surface area contributed by atoms with Crippen molar-refractivity contribution < 1.29 is 38.0 Å². The molecule has 0 fully saturated rings. The second-order valence-corrected chi connectivity index (χ2v) is 18.3. The largest absolute Gasteiger partial charge is 0.756 e. The van der Waals surface area contributed by atoms with Crippen LogP contribution in [-0.2, 0) is 18.4 Å². The van der Waals surface area contributed by atoms with Gasteiger partial charge in [0.15, 0.2) is 0 Å². The fourth-order valence-corrected chi connectivity index (χ4v) is 7.00. The van der Waals surface area contributed by atoms with E-state index < -0.39 is 32.7 Å². The molecule has 4 atom stereocenters. The average molecular weight is 849 g/mol. The van der Waals surface area contributed by atoms with Crippen molar-refractivity contribution >= 4 is 13.7 Å². The van der Waals surface area contributed by atoms with E-state index in [-0.39, 0.29) is 18.9 Å². The number of phosphoric ester groups is 1. The molecule has 0 radical (unpaired) electrons. The Balaban J connectivity index is 4.47. The number of aliphatic hydroxyl groups is 2. The maximum Gasteiger partial charge on any atom is 0.268 e. The van der Waals surface area contributed by atoms with Crippen molar-refractivity contribution in [2.24, 2.45) is 0 Å². The summed E-state index contributed by atoms with van der Waals surface area (Å²) in [6, 6.07) is -1.10. The van der Waals surface area contributed by atoms with Gasteiger partial charge in [0.05, 0.1) is 39.9 Å². The number of phosphoric acid groups is 1. The molecule has 0 bridgehead atoms. The first-order valence-corrected chi connectivity index (χ1v) is 24.8. The average Bonchev–Trinajstić information content (AvgIpc) is 3.19. The molecule has 0 aliphatic heterocycles. The predicted octanol–water partition coefficient (Wildman–Crippen LogP) is 11.5. The Kier molecular flexibility index (Phi) is 38.6. The molecule has 0 spiro atoms. The van der Waals surface area contributed by atoms with Gasteiger partial charge >= 0.3 is 0 Å². The molecule has 3 N–H and O–H groups in total. The number of quaternary nitrogens is 1. The van der Waals surface area contributed by atoms with E-state index in [0.29, 0.717) is 30.3 Å². The van der Waals surface area contributed by atoms with Crippen LogP contribution in [0.4, 0.5) is 0 Å². The summed E-state index contributed by atoms with van der Waals surface area (Å²) in [4.78, 5) is 25.4. The summed E-state index contributed by atoms with van der Waals surface area (Å²) in [5.41, 5.74) is 0. The lowest BCUT2D eigenvalue weighted by Gasteiger charge is -2.31. The summed E-state index contributed by atoms with van der Waals surface area (Å²) in [5.74, 6) is -0.304. The van der Waals surface area contributed by atoms with Crippen LogP contribution < -0.4 is 10.2 Å². The zero-order valence-electron chi connectivity index (χ0n) is 38.3. The number of rotatable bonds is 41. The van der Waals surface area contributed by atoms with Crippen LogP contribution in [0.5, 0.6) is 0 Å². The van der Waals surface area contributed by atoms with Crippen LogP contribution in [0.15, 0.2) is 72.9 Å². The van der Waals surface area contributed by atoms with Crippen molar-refractivity contribution in [3.05, 3.63) is 72.9 Å². The lowest BCUT2D eigenvalue weighted by atomic mass is 10.0. The monoisotopic (exact) mass is 849 g/mol. The Morgan fingerprint density at radius 1 is 0.627 bits per heavy atom. The van der Waals surface area contributed by atoms with E-state index in [1.54, 1.807) is 0 Å². The van der Waals surface area contributed by atoms with Gasteiger partial charge in [-0.3, -0.25) is 9.36 Å². The smallest absolute Gasteiger partial charge is 0.268 e. The minimum Gasteiger partial charge on any atom is -0.756 e. The highest BCUT2D eigenvalue weighted by Gasteiger charge is 2.29. The van der Waals surface area contributed by atoms with Crippen LogP contribution in [0.3, 0.4) is 0 Å². The van der Waals surface area contributed by atoms with Gasteiger partial charge in [-0.05, 0) is 83.5 Å². The number of likely N-dealkylation sites (N-methyl/N-ethyl adjacent to an activating group) is 1. The minimum absolute atomic E-state index is 0.0523. The standard InChI is InChI=1S/C49H89N2O7P/c1-6-8-10-12-14-16-18-20-21-22-23-24-25-26-27-28-29-30-32-34-36-38-40-42-48(53)50-46(45-58-59(55,56)57-44-43-51(3,4)5)49(54)47(52)41-39-37-35-33-31-19-17-15-13-11-9-7-2/h8,10,14,16,20-21,23-24,26-27,33,35,46-47,49,52,54H,6-7,9,11-13,15,17-19,22,25,28-32,34,36-45H2,1-5H3,(H-,50,53,55,56)/b10-8-,16-14-,21-20-,24-23-,27-26-,35-33+. The third-order valence-corrected chi connectivity index (χ3v) is 11.0. The van der Waals surface area contributed by atoms with Gasteiger partial charge in [0.2, 0.25) is 5.91 Å².